The molecule has 0 atom stereocenters. The van der Waals surface area contributed by atoms with Gasteiger partial charge in [0.05, 0.1) is 10.2 Å². The number of benzene rings is 2. The summed E-state index contributed by atoms with van der Waals surface area (Å²) < 4.78 is 5.58. The van der Waals surface area contributed by atoms with E-state index in [9.17, 15) is 19.2 Å². The Morgan fingerprint density at radius 1 is 1.13 bits per heavy atom. The van der Waals surface area contributed by atoms with E-state index in [4.69, 9.17) is 9.84 Å². The molecule has 3 rings (SSSR count). The van der Waals surface area contributed by atoms with Gasteiger partial charge >= 0.3 is 12.0 Å². The third kappa shape index (κ3) is 4.41. The number of urea groups is 1. The minimum atomic E-state index is -1.12. The van der Waals surface area contributed by atoms with Gasteiger partial charge in [0, 0.05) is 0 Å². The van der Waals surface area contributed by atoms with Crippen LogP contribution in [0.1, 0.15) is 16.7 Å². The van der Waals surface area contributed by atoms with Gasteiger partial charge in [-0.15, -0.1) is 0 Å². The number of carboxylic acids is 1. The highest BCUT2D eigenvalue weighted by Crippen LogP contribution is 2.28. The van der Waals surface area contributed by atoms with Crippen molar-refractivity contribution in [2.75, 3.05) is 11.5 Å². The Kier molecular flexibility index (Phi) is 6.02. The number of aliphatic carboxylic acids is 1. The maximum absolute atomic E-state index is 13.0. The first-order valence-corrected chi connectivity index (χ1v) is 9.59. The summed E-state index contributed by atoms with van der Waals surface area (Å²) in [6.45, 7) is 3.26. The summed E-state index contributed by atoms with van der Waals surface area (Å²) in [6.07, 6.45) is 1.35. The number of barbiturate groups is 1. The van der Waals surface area contributed by atoms with Crippen LogP contribution < -0.4 is 15.0 Å². The first kappa shape index (κ1) is 21.3. The largest absolute Gasteiger partial charge is 0.481 e. The number of aryl methyl sites for hydroxylation is 2. The van der Waals surface area contributed by atoms with Gasteiger partial charge in [0.25, 0.3) is 11.8 Å². The van der Waals surface area contributed by atoms with Crippen LogP contribution in [0.3, 0.4) is 0 Å². The van der Waals surface area contributed by atoms with Crippen LogP contribution in [0.25, 0.3) is 6.08 Å². The van der Waals surface area contributed by atoms with Crippen molar-refractivity contribution < 1.29 is 29.0 Å². The van der Waals surface area contributed by atoms with Crippen LogP contribution in [-0.2, 0) is 14.4 Å². The molecule has 0 saturated carbocycles. The van der Waals surface area contributed by atoms with E-state index in [0.29, 0.717) is 21.5 Å². The molecule has 1 fully saturated rings. The highest BCUT2D eigenvalue weighted by molar-refractivity contribution is 9.10. The molecule has 30 heavy (non-hydrogen) atoms. The quantitative estimate of drug-likeness (QED) is 0.510. The Balaban J connectivity index is 1.93. The molecule has 1 saturated heterocycles. The van der Waals surface area contributed by atoms with E-state index in [1.54, 1.807) is 30.3 Å². The molecule has 0 radical (unpaired) electrons. The van der Waals surface area contributed by atoms with Crippen LogP contribution in [0, 0.1) is 13.8 Å². The minimum absolute atomic E-state index is 0.209. The van der Waals surface area contributed by atoms with Gasteiger partial charge in [-0.25, -0.2) is 14.5 Å². The first-order valence-electron chi connectivity index (χ1n) is 8.80. The average molecular weight is 473 g/mol. The lowest BCUT2D eigenvalue weighted by Crippen LogP contribution is -2.54. The van der Waals surface area contributed by atoms with Crippen molar-refractivity contribution in [2.45, 2.75) is 13.8 Å². The number of carboxylic acid groups (broad SMARTS) is 1. The second kappa shape index (κ2) is 8.50. The maximum atomic E-state index is 13.0. The van der Waals surface area contributed by atoms with Crippen LogP contribution in [0.4, 0.5) is 10.5 Å². The average Bonchev–Trinajstić information content (AvgIpc) is 2.67. The Hall–Kier alpha value is -3.46. The lowest BCUT2D eigenvalue weighted by atomic mass is 10.1. The molecule has 0 aliphatic carbocycles. The molecular weight excluding hydrogens is 456 g/mol. The van der Waals surface area contributed by atoms with E-state index in [1.165, 1.54) is 12.1 Å². The Morgan fingerprint density at radius 3 is 2.50 bits per heavy atom. The fourth-order valence-corrected chi connectivity index (χ4v) is 3.30. The zero-order chi connectivity index (χ0) is 22.0. The Labute approximate surface area is 180 Å². The monoisotopic (exact) mass is 472 g/mol. The summed E-state index contributed by atoms with van der Waals surface area (Å²) in [5.41, 5.74) is 2.54. The molecule has 0 aromatic heterocycles. The fourth-order valence-electron chi connectivity index (χ4n) is 2.79. The van der Waals surface area contributed by atoms with Gasteiger partial charge in [-0.1, -0.05) is 12.1 Å². The molecule has 2 aromatic carbocycles. The van der Waals surface area contributed by atoms with Crippen molar-refractivity contribution >= 4 is 51.5 Å². The van der Waals surface area contributed by atoms with E-state index in [2.05, 4.69) is 21.2 Å². The highest BCUT2D eigenvalue weighted by atomic mass is 79.9. The van der Waals surface area contributed by atoms with Gasteiger partial charge in [0.15, 0.2) is 6.61 Å². The molecule has 2 N–H and O–H groups in total. The van der Waals surface area contributed by atoms with E-state index < -0.39 is 30.4 Å². The number of ether oxygens (including phenoxy) is 1. The number of halogens is 1. The Morgan fingerprint density at radius 2 is 1.87 bits per heavy atom. The lowest BCUT2D eigenvalue weighted by molar-refractivity contribution is -0.139. The van der Waals surface area contributed by atoms with Crippen molar-refractivity contribution in [1.82, 2.24) is 5.32 Å². The number of nitrogens with zero attached hydrogens (tertiary/aromatic N) is 1. The predicted molar refractivity (Wildman–Crippen MR) is 112 cm³/mol. The molecule has 0 unspecified atom stereocenters. The van der Waals surface area contributed by atoms with Crippen LogP contribution >= 0.6 is 15.9 Å². The molecule has 154 valence electrons. The highest BCUT2D eigenvalue weighted by Gasteiger charge is 2.36. The van der Waals surface area contributed by atoms with Crippen molar-refractivity contribution in [2.24, 2.45) is 0 Å². The van der Waals surface area contributed by atoms with Gasteiger partial charge in [-0.2, -0.15) is 0 Å². The number of rotatable bonds is 5. The number of nitrogens with one attached hydrogen (secondary N) is 1. The molecule has 1 heterocycles. The maximum Gasteiger partial charge on any atom is 0.341 e. The second-order valence-corrected chi connectivity index (χ2v) is 7.45. The van der Waals surface area contributed by atoms with Crippen molar-refractivity contribution in [3.63, 3.8) is 0 Å². The topological polar surface area (TPSA) is 113 Å². The molecule has 4 amide bonds. The number of carbonyl (C=O) groups excluding carboxylic acids is 3. The SMILES string of the molecule is Cc1ccc(N2C(=O)NC(=O)C(=Cc3ccc(OCC(=O)O)c(Br)c3)C2=O)cc1C. The summed E-state index contributed by atoms with van der Waals surface area (Å²) in [4.78, 5) is 49.1. The summed E-state index contributed by atoms with van der Waals surface area (Å²) >= 11 is 3.27. The minimum Gasteiger partial charge on any atom is -0.481 e. The third-order valence-electron chi connectivity index (χ3n) is 4.47. The van der Waals surface area contributed by atoms with Gasteiger partial charge in [-0.05, 0) is 76.8 Å². The van der Waals surface area contributed by atoms with Crippen LogP contribution in [-0.4, -0.2) is 35.5 Å². The lowest BCUT2D eigenvalue weighted by Gasteiger charge is -2.26. The first-order chi connectivity index (χ1) is 14.2. The fraction of sp³-hybridized carbons (Fsp3) is 0.143. The van der Waals surface area contributed by atoms with Crippen molar-refractivity contribution in [3.05, 3.63) is 63.1 Å². The van der Waals surface area contributed by atoms with Gasteiger partial charge in [0.1, 0.15) is 11.3 Å². The van der Waals surface area contributed by atoms with Crippen molar-refractivity contribution in [1.29, 1.82) is 0 Å². The normalized spacial score (nSPS) is 15.4. The molecule has 0 bridgehead atoms. The zero-order valence-electron chi connectivity index (χ0n) is 16.1. The van der Waals surface area contributed by atoms with Gasteiger partial charge < -0.3 is 9.84 Å². The molecule has 0 spiro atoms. The molecule has 9 heteroatoms. The summed E-state index contributed by atoms with van der Waals surface area (Å²) in [7, 11) is 0. The summed E-state index contributed by atoms with van der Waals surface area (Å²) in [5, 5.41) is 10.9. The van der Waals surface area contributed by atoms with E-state index in [1.807, 2.05) is 13.8 Å². The molecular formula is C21H17BrN2O6. The molecule has 1 aliphatic rings. The third-order valence-corrected chi connectivity index (χ3v) is 5.09. The van der Waals surface area contributed by atoms with Crippen LogP contribution in [0.2, 0.25) is 0 Å². The summed E-state index contributed by atoms with van der Waals surface area (Å²) in [5.74, 6) is -2.36. The molecule has 8 nitrogen and oxygen atoms in total. The number of amides is 4. The summed E-state index contributed by atoms with van der Waals surface area (Å²) in [6, 6.07) is 8.95. The molecule has 1 aliphatic heterocycles. The van der Waals surface area contributed by atoms with Crippen molar-refractivity contribution in [3.8, 4) is 5.75 Å². The van der Waals surface area contributed by atoms with E-state index in [-0.39, 0.29) is 5.57 Å². The van der Waals surface area contributed by atoms with E-state index >= 15 is 0 Å². The van der Waals surface area contributed by atoms with Gasteiger partial charge in [0.2, 0.25) is 0 Å². The predicted octanol–water partition coefficient (Wildman–Crippen LogP) is 3.20. The Bertz CT molecular complexity index is 1110. The van der Waals surface area contributed by atoms with Gasteiger partial charge in [-0.3, -0.25) is 14.9 Å². The number of hydrogen-bond donors (Lipinski definition) is 2. The number of imide groups is 2. The number of carbonyl (C=O) groups is 4. The number of hydrogen-bond acceptors (Lipinski definition) is 5. The smallest absolute Gasteiger partial charge is 0.341 e. The van der Waals surface area contributed by atoms with Crippen LogP contribution in [0.15, 0.2) is 46.4 Å². The second-order valence-electron chi connectivity index (χ2n) is 6.60. The standard InChI is InChI=1S/C21H17BrN2O6/c1-11-3-5-14(7-12(11)2)24-20(28)15(19(27)23-21(24)29)8-13-4-6-17(16(22)9-13)30-10-18(25)26/h3-9H,10H2,1-2H3,(H,25,26)(H,23,27,29). The molecule has 2 aromatic rings. The van der Waals surface area contributed by atoms with E-state index in [0.717, 1.165) is 16.0 Å². The zero-order valence-corrected chi connectivity index (χ0v) is 17.6. The number of anilines is 1. The van der Waals surface area contributed by atoms with Crippen LogP contribution in [0.5, 0.6) is 5.75 Å².